The van der Waals surface area contributed by atoms with Gasteiger partial charge in [0.25, 0.3) is 0 Å². The van der Waals surface area contributed by atoms with E-state index in [2.05, 4.69) is 157 Å². The van der Waals surface area contributed by atoms with Crippen molar-refractivity contribution in [3.05, 3.63) is 192 Å². The minimum Gasteiger partial charge on any atom is -0.342 e. The first-order chi connectivity index (χ1) is 26.5. The van der Waals surface area contributed by atoms with Crippen LogP contribution < -0.4 is 5.32 Å². The SMILES string of the molecule is Cc1cccc([C@]2(C)N=C(c3ccc(-c4ccc(-c5cc(C6=CCCN=C6)cc(-c6cccnc6)c5)c5ccccc45)cc3)N=C(c3ccccc3)N2)c1. The number of nitrogens with zero attached hydrogens (tertiary/aromatic N) is 4. The zero-order chi connectivity index (χ0) is 36.5. The van der Waals surface area contributed by atoms with E-state index >= 15 is 0 Å². The van der Waals surface area contributed by atoms with Gasteiger partial charge in [0.15, 0.2) is 11.5 Å². The standard InChI is InChI=1S/C49H39N5/c1-33-11-8-16-42(27-33)49(2)53-47(35-12-4-3-5-13-35)52-48(54-49)36-21-19-34(20-22-36)43-23-24-44(46-18-7-6-17-45(43)46)41-29-39(37-14-9-25-50-31-37)28-40(30-41)38-15-10-26-51-32-38/h3-9,11-25,27-32H,10,26H2,1-2H3,(H,52,53,54)/t49-/m0/s1. The van der Waals surface area contributed by atoms with Crippen molar-refractivity contribution in [2.24, 2.45) is 15.0 Å². The van der Waals surface area contributed by atoms with E-state index in [0.717, 1.165) is 68.9 Å². The summed E-state index contributed by atoms with van der Waals surface area (Å²) < 4.78 is 0. The number of aromatic nitrogens is 1. The number of aryl methyl sites for hydroxylation is 1. The molecule has 0 saturated carbocycles. The second kappa shape index (κ2) is 14.0. The molecule has 1 aromatic heterocycles. The summed E-state index contributed by atoms with van der Waals surface area (Å²) in [5.74, 6) is 1.50. The van der Waals surface area contributed by atoms with E-state index < -0.39 is 5.66 Å². The van der Waals surface area contributed by atoms with Crippen molar-refractivity contribution in [3.8, 4) is 33.4 Å². The molecule has 0 amide bonds. The van der Waals surface area contributed by atoms with Crippen LogP contribution in [0.1, 0.15) is 41.2 Å². The Labute approximate surface area is 316 Å². The van der Waals surface area contributed by atoms with Gasteiger partial charge < -0.3 is 5.32 Å². The number of nitrogens with one attached hydrogen (secondary N) is 1. The Balaban J connectivity index is 1.11. The molecule has 5 nitrogen and oxygen atoms in total. The second-order valence-corrected chi connectivity index (χ2v) is 14.1. The Morgan fingerprint density at radius 2 is 1.30 bits per heavy atom. The lowest BCUT2D eigenvalue weighted by molar-refractivity contribution is 0.455. The highest BCUT2D eigenvalue weighted by Crippen LogP contribution is 2.39. The lowest BCUT2D eigenvalue weighted by atomic mass is 9.89. The van der Waals surface area contributed by atoms with Crippen LogP contribution >= 0.6 is 0 Å². The Morgan fingerprint density at radius 1 is 0.593 bits per heavy atom. The van der Waals surface area contributed by atoms with E-state index in [4.69, 9.17) is 9.98 Å². The zero-order valence-corrected chi connectivity index (χ0v) is 30.4. The smallest absolute Gasteiger partial charge is 0.159 e. The first-order valence-corrected chi connectivity index (χ1v) is 18.5. The summed E-state index contributed by atoms with van der Waals surface area (Å²) in [6.07, 6.45) is 9.00. The molecule has 6 aromatic carbocycles. The molecule has 0 unspecified atom stereocenters. The van der Waals surface area contributed by atoms with Gasteiger partial charge in [-0.3, -0.25) is 9.98 Å². The predicted molar refractivity (Wildman–Crippen MR) is 225 cm³/mol. The lowest BCUT2D eigenvalue weighted by Gasteiger charge is -2.33. The maximum Gasteiger partial charge on any atom is 0.159 e. The van der Waals surface area contributed by atoms with Crippen molar-refractivity contribution >= 4 is 34.2 Å². The summed E-state index contributed by atoms with van der Waals surface area (Å²) in [4.78, 5) is 19.3. The number of dihydropyridines is 1. The average Bonchev–Trinajstić information content (AvgIpc) is 3.24. The molecule has 3 heterocycles. The number of allylic oxidation sites excluding steroid dienone is 1. The highest BCUT2D eigenvalue weighted by molar-refractivity contribution is 6.14. The van der Waals surface area contributed by atoms with Gasteiger partial charge in [-0.2, -0.15) is 0 Å². The van der Waals surface area contributed by atoms with Gasteiger partial charge >= 0.3 is 0 Å². The van der Waals surface area contributed by atoms with Crippen molar-refractivity contribution in [3.63, 3.8) is 0 Å². The Hall–Kier alpha value is -6.72. The molecule has 7 aromatic rings. The monoisotopic (exact) mass is 697 g/mol. The maximum absolute atomic E-state index is 5.24. The molecular weight excluding hydrogens is 659 g/mol. The second-order valence-electron chi connectivity index (χ2n) is 14.1. The van der Waals surface area contributed by atoms with E-state index in [9.17, 15) is 0 Å². The first kappa shape index (κ1) is 33.1. The van der Waals surface area contributed by atoms with Crippen LogP contribution in [0.15, 0.2) is 179 Å². The molecule has 0 radical (unpaired) electrons. The molecule has 2 aliphatic rings. The molecule has 0 aliphatic carbocycles. The molecule has 54 heavy (non-hydrogen) atoms. The number of rotatable bonds is 7. The molecule has 0 spiro atoms. The normalized spacial score (nSPS) is 16.7. The summed E-state index contributed by atoms with van der Waals surface area (Å²) in [6, 6.07) is 51.7. The van der Waals surface area contributed by atoms with Gasteiger partial charge in [0, 0.05) is 41.8 Å². The molecule has 260 valence electrons. The van der Waals surface area contributed by atoms with E-state index in [-0.39, 0.29) is 0 Å². The van der Waals surface area contributed by atoms with Crippen molar-refractivity contribution in [2.75, 3.05) is 6.54 Å². The fourth-order valence-electron chi connectivity index (χ4n) is 7.53. The van der Waals surface area contributed by atoms with Crippen LogP contribution in [-0.2, 0) is 5.66 Å². The quantitative estimate of drug-likeness (QED) is 0.180. The lowest BCUT2D eigenvalue weighted by Crippen LogP contribution is -2.46. The van der Waals surface area contributed by atoms with Crippen LogP contribution in [0.2, 0.25) is 0 Å². The van der Waals surface area contributed by atoms with Gasteiger partial charge in [-0.05, 0) is 99.8 Å². The molecule has 0 bridgehead atoms. The van der Waals surface area contributed by atoms with Crippen LogP contribution in [0, 0.1) is 6.92 Å². The van der Waals surface area contributed by atoms with Crippen LogP contribution in [0.25, 0.3) is 49.7 Å². The number of pyridine rings is 1. The Morgan fingerprint density at radius 3 is 2.02 bits per heavy atom. The van der Waals surface area contributed by atoms with Crippen LogP contribution in [0.4, 0.5) is 0 Å². The van der Waals surface area contributed by atoms with Gasteiger partial charge in [0.05, 0.1) is 0 Å². The van der Waals surface area contributed by atoms with Gasteiger partial charge in [0.2, 0.25) is 0 Å². The van der Waals surface area contributed by atoms with Crippen molar-refractivity contribution < 1.29 is 0 Å². The molecule has 1 atom stereocenters. The predicted octanol–water partition coefficient (Wildman–Crippen LogP) is 11.1. The summed E-state index contributed by atoms with van der Waals surface area (Å²) >= 11 is 0. The van der Waals surface area contributed by atoms with Crippen molar-refractivity contribution in [2.45, 2.75) is 25.9 Å². The highest BCUT2D eigenvalue weighted by atomic mass is 15.2. The number of hydrogen-bond acceptors (Lipinski definition) is 5. The molecule has 9 rings (SSSR count). The third-order valence-electron chi connectivity index (χ3n) is 10.3. The first-order valence-electron chi connectivity index (χ1n) is 18.5. The van der Waals surface area contributed by atoms with Gasteiger partial charge in [0.1, 0.15) is 5.84 Å². The number of amidine groups is 2. The topological polar surface area (TPSA) is 62.0 Å². The third-order valence-corrected chi connectivity index (χ3v) is 10.3. The van der Waals surface area contributed by atoms with Crippen LogP contribution in [0.3, 0.4) is 0 Å². The van der Waals surface area contributed by atoms with Gasteiger partial charge in [-0.15, -0.1) is 0 Å². The summed E-state index contributed by atoms with van der Waals surface area (Å²) in [7, 11) is 0. The highest BCUT2D eigenvalue weighted by Gasteiger charge is 2.32. The van der Waals surface area contributed by atoms with E-state index in [0.29, 0.717) is 5.84 Å². The fourth-order valence-corrected chi connectivity index (χ4v) is 7.53. The molecule has 1 N–H and O–H groups in total. The number of hydrogen-bond donors (Lipinski definition) is 1. The Bertz CT molecular complexity index is 2640. The minimum absolute atomic E-state index is 0.687. The Kier molecular flexibility index (Phi) is 8.60. The summed E-state index contributed by atoms with van der Waals surface area (Å²) in [5, 5.41) is 6.05. The van der Waals surface area contributed by atoms with Crippen LogP contribution in [0.5, 0.6) is 0 Å². The zero-order valence-electron chi connectivity index (χ0n) is 30.4. The van der Waals surface area contributed by atoms with E-state index in [1.54, 1.807) is 0 Å². The largest absolute Gasteiger partial charge is 0.342 e. The summed E-state index contributed by atoms with van der Waals surface area (Å²) in [5.41, 5.74) is 12.8. The van der Waals surface area contributed by atoms with Gasteiger partial charge in [-0.25, -0.2) is 9.98 Å². The molecule has 5 heteroatoms. The minimum atomic E-state index is -0.687. The molecule has 0 saturated heterocycles. The summed E-state index contributed by atoms with van der Waals surface area (Å²) in [6.45, 7) is 5.07. The molecule has 0 fully saturated rings. The van der Waals surface area contributed by atoms with Crippen LogP contribution in [-0.4, -0.2) is 29.4 Å². The third kappa shape index (κ3) is 6.45. The fraction of sp³-hybridized carbons (Fsp3) is 0.102. The number of aliphatic imine (C=N–C) groups is 3. The molecular formula is C49H39N5. The van der Waals surface area contributed by atoms with E-state index in [1.165, 1.54) is 27.5 Å². The van der Waals surface area contributed by atoms with E-state index in [1.807, 2.05) is 42.9 Å². The van der Waals surface area contributed by atoms with Gasteiger partial charge in [-0.1, -0.05) is 133 Å². The van der Waals surface area contributed by atoms with Crippen molar-refractivity contribution in [1.82, 2.24) is 10.3 Å². The van der Waals surface area contributed by atoms with Crippen molar-refractivity contribution in [1.29, 1.82) is 0 Å². The molecule has 2 aliphatic heterocycles. The maximum atomic E-state index is 5.24. The number of fused-ring (bicyclic) bond motifs is 1. The number of benzene rings is 6. The average molecular weight is 698 g/mol.